The van der Waals surface area contributed by atoms with E-state index in [2.05, 4.69) is 10.3 Å². The number of hydrogen-bond acceptors (Lipinski definition) is 3. The fourth-order valence-electron chi connectivity index (χ4n) is 3.29. The van der Waals surface area contributed by atoms with Gasteiger partial charge in [0.1, 0.15) is 0 Å². The molecule has 2 fully saturated rings. The third-order valence-electron chi connectivity index (χ3n) is 3.99. The number of aliphatic hydroxyl groups excluding tert-OH is 1. The highest BCUT2D eigenvalue weighted by Crippen LogP contribution is 2.59. The van der Waals surface area contributed by atoms with Gasteiger partial charge in [0.2, 0.25) is 0 Å². The Balaban J connectivity index is 1.60. The quantitative estimate of drug-likeness (QED) is 0.796. The van der Waals surface area contributed by atoms with Gasteiger partial charge in [-0.3, -0.25) is 4.68 Å². The van der Waals surface area contributed by atoms with E-state index in [4.69, 9.17) is 0 Å². The first kappa shape index (κ1) is 9.33. The lowest BCUT2D eigenvalue weighted by Gasteiger charge is -2.10. The topological polar surface area (TPSA) is 50.9 Å². The molecule has 1 heterocycles. The van der Waals surface area contributed by atoms with E-state index in [0.717, 1.165) is 17.5 Å². The molecule has 0 aliphatic heterocycles. The average molecular weight is 207 g/mol. The van der Waals surface area contributed by atoms with Gasteiger partial charge in [-0.15, -0.1) is 5.10 Å². The van der Waals surface area contributed by atoms with Crippen molar-refractivity contribution in [3.05, 3.63) is 11.9 Å². The number of nitrogens with zero attached hydrogens (tertiary/aromatic N) is 3. The van der Waals surface area contributed by atoms with Crippen LogP contribution in [0.15, 0.2) is 6.20 Å². The third-order valence-corrected chi connectivity index (χ3v) is 3.99. The summed E-state index contributed by atoms with van der Waals surface area (Å²) in [7, 11) is 1.86. The van der Waals surface area contributed by atoms with Gasteiger partial charge in [-0.1, -0.05) is 11.6 Å². The number of rotatable bonds is 3. The monoisotopic (exact) mass is 207 g/mol. The molecule has 2 aliphatic rings. The van der Waals surface area contributed by atoms with Crippen LogP contribution < -0.4 is 0 Å². The lowest BCUT2D eigenvalue weighted by Crippen LogP contribution is -2.16. The Labute approximate surface area is 89.3 Å². The molecule has 82 valence electrons. The zero-order valence-electron chi connectivity index (χ0n) is 9.00. The largest absolute Gasteiger partial charge is 0.392 e. The molecule has 0 amide bonds. The molecule has 1 aromatic heterocycles. The van der Waals surface area contributed by atoms with Crippen LogP contribution in [-0.4, -0.2) is 26.2 Å². The number of aliphatic hydroxyl groups is 1. The van der Waals surface area contributed by atoms with Gasteiger partial charge < -0.3 is 5.11 Å². The van der Waals surface area contributed by atoms with Gasteiger partial charge in [-0.05, 0) is 30.6 Å². The van der Waals surface area contributed by atoms with Crippen LogP contribution in [0.3, 0.4) is 0 Å². The van der Waals surface area contributed by atoms with Crippen LogP contribution in [0.25, 0.3) is 0 Å². The molecule has 2 aliphatic carbocycles. The van der Waals surface area contributed by atoms with Crippen molar-refractivity contribution in [3.63, 3.8) is 0 Å². The Morgan fingerprint density at radius 3 is 2.87 bits per heavy atom. The summed E-state index contributed by atoms with van der Waals surface area (Å²) in [6.45, 7) is 0. The van der Waals surface area contributed by atoms with Crippen molar-refractivity contribution in [1.82, 2.24) is 15.0 Å². The Kier molecular flexibility index (Phi) is 2.06. The first-order valence-corrected chi connectivity index (χ1v) is 5.79. The highest BCUT2D eigenvalue weighted by atomic mass is 16.3. The molecule has 0 bridgehead atoms. The molecule has 0 saturated heterocycles. The molecular weight excluding hydrogens is 190 g/mol. The second-order valence-electron chi connectivity index (χ2n) is 4.99. The Morgan fingerprint density at radius 1 is 1.53 bits per heavy atom. The molecular formula is C11H17N3O. The zero-order valence-corrected chi connectivity index (χ0v) is 9.00. The van der Waals surface area contributed by atoms with E-state index in [1.165, 1.54) is 19.3 Å². The molecule has 4 heteroatoms. The van der Waals surface area contributed by atoms with E-state index in [0.29, 0.717) is 12.3 Å². The van der Waals surface area contributed by atoms with E-state index < -0.39 is 0 Å². The SMILES string of the molecule is Cn1cc(CC(O)C2C3CCCC32)nn1. The predicted molar refractivity (Wildman–Crippen MR) is 55.0 cm³/mol. The van der Waals surface area contributed by atoms with Crippen LogP contribution in [-0.2, 0) is 13.5 Å². The van der Waals surface area contributed by atoms with Gasteiger partial charge in [0.15, 0.2) is 0 Å². The zero-order chi connectivity index (χ0) is 10.4. The first-order valence-electron chi connectivity index (χ1n) is 5.79. The smallest absolute Gasteiger partial charge is 0.0852 e. The lowest BCUT2D eigenvalue weighted by molar-refractivity contribution is 0.134. The molecule has 3 unspecified atom stereocenters. The molecule has 3 atom stereocenters. The molecule has 4 nitrogen and oxygen atoms in total. The second-order valence-corrected chi connectivity index (χ2v) is 4.99. The summed E-state index contributed by atoms with van der Waals surface area (Å²) in [6.07, 6.45) is 6.38. The van der Waals surface area contributed by atoms with Gasteiger partial charge in [0.25, 0.3) is 0 Å². The van der Waals surface area contributed by atoms with Crippen LogP contribution in [0.4, 0.5) is 0 Å². The fraction of sp³-hybridized carbons (Fsp3) is 0.818. The molecule has 1 aromatic rings. The van der Waals surface area contributed by atoms with Crippen LogP contribution in [0.2, 0.25) is 0 Å². The van der Waals surface area contributed by atoms with Crippen molar-refractivity contribution in [2.75, 3.05) is 0 Å². The maximum Gasteiger partial charge on any atom is 0.0852 e. The van der Waals surface area contributed by atoms with E-state index in [-0.39, 0.29) is 6.10 Å². The van der Waals surface area contributed by atoms with Gasteiger partial charge in [-0.25, -0.2) is 0 Å². The van der Waals surface area contributed by atoms with Gasteiger partial charge in [0, 0.05) is 19.7 Å². The van der Waals surface area contributed by atoms with E-state index >= 15 is 0 Å². The van der Waals surface area contributed by atoms with Crippen LogP contribution >= 0.6 is 0 Å². The first-order chi connectivity index (χ1) is 7.25. The van der Waals surface area contributed by atoms with Gasteiger partial charge in [0.05, 0.1) is 11.8 Å². The fourth-order valence-corrected chi connectivity index (χ4v) is 3.29. The predicted octanol–water partition coefficient (Wildman–Crippen LogP) is 0.765. The number of fused-ring (bicyclic) bond motifs is 1. The molecule has 1 N–H and O–H groups in total. The lowest BCUT2D eigenvalue weighted by atomic mass is 10.0. The van der Waals surface area contributed by atoms with Crippen molar-refractivity contribution in [3.8, 4) is 0 Å². The molecule has 0 aromatic carbocycles. The van der Waals surface area contributed by atoms with E-state index in [9.17, 15) is 5.11 Å². The Hall–Kier alpha value is -0.900. The minimum absolute atomic E-state index is 0.197. The molecule has 0 radical (unpaired) electrons. The van der Waals surface area contributed by atoms with Crippen LogP contribution in [0, 0.1) is 17.8 Å². The second kappa shape index (κ2) is 3.30. The van der Waals surface area contributed by atoms with Crippen molar-refractivity contribution >= 4 is 0 Å². The molecule has 3 rings (SSSR count). The highest BCUT2D eigenvalue weighted by Gasteiger charge is 2.55. The third kappa shape index (κ3) is 1.57. The Morgan fingerprint density at radius 2 is 2.27 bits per heavy atom. The summed E-state index contributed by atoms with van der Waals surface area (Å²) in [4.78, 5) is 0. The average Bonchev–Trinajstić information content (AvgIpc) is 2.60. The number of aryl methyl sites for hydroxylation is 1. The number of aromatic nitrogens is 3. The summed E-state index contributed by atoms with van der Waals surface area (Å²) in [5.74, 6) is 2.19. The van der Waals surface area contributed by atoms with Gasteiger partial charge in [-0.2, -0.15) is 0 Å². The summed E-state index contributed by atoms with van der Waals surface area (Å²) in [5, 5.41) is 18.0. The summed E-state index contributed by atoms with van der Waals surface area (Å²) in [6, 6.07) is 0. The van der Waals surface area contributed by atoms with E-state index in [1.54, 1.807) is 4.68 Å². The maximum atomic E-state index is 10.1. The normalized spacial score (nSPS) is 35.2. The molecule has 15 heavy (non-hydrogen) atoms. The molecule has 2 saturated carbocycles. The summed E-state index contributed by atoms with van der Waals surface area (Å²) < 4.78 is 1.69. The van der Waals surface area contributed by atoms with Crippen molar-refractivity contribution in [2.24, 2.45) is 24.8 Å². The molecule has 0 spiro atoms. The summed E-state index contributed by atoms with van der Waals surface area (Å²) >= 11 is 0. The van der Waals surface area contributed by atoms with Crippen molar-refractivity contribution in [2.45, 2.75) is 31.8 Å². The van der Waals surface area contributed by atoms with Crippen molar-refractivity contribution in [1.29, 1.82) is 0 Å². The summed E-state index contributed by atoms with van der Waals surface area (Å²) in [5.41, 5.74) is 0.912. The van der Waals surface area contributed by atoms with E-state index in [1.807, 2.05) is 13.2 Å². The van der Waals surface area contributed by atoms with Crippen molar-refractivity contribution < 1.29 is 5.11 Å². The Bertz CT molecular complexity index is 352. The van der Waals surface area contributed by atoms with Gasteiger partial charge >= 0.3 is 0 Å². The minimum atomic E-state index is -0.197. The number of hydrogen-bond donors (Lipinski definition) is 1. The van der Waals surface area contributed by atoms with Crippen LogP contribution in [0.5, 0.6) is 0 Å². The van der Waals surface area contributed by atoms with Crippen LogP contribution in [0.1, 0.15) is 25.0 Å². The standard InChI is InChI=1S/C11H17N3O/c1-14-6-7(12-13-14)5-10(15)11-8-3-2-4-9(8)11/h6,8-11,15H,2-5H2,1H3. The highest BCUT2D eigenvalue weighted by molar-refractivity contribution is 5.07. The maximum absolute atomic E-state index is 10.1. The minimum Gasteiger partial charge on any atom is -0.392 e.